The van der Waals surface area contributed by atoms with E-state index >= 15 is 0 Å². The van der Waals surface area contributed by atoms with E-state index in [2.05, 4.69) is 28.7 Å². The first-order chi connectivity index (χ1) is 6.25. The molecule has 0 aliphatic rings. The van der Waals surface area contributed by atoms with Gasteiger partial charge in [0.15, 0.2) is 0 Å². The minimum atomic E-state index is 0.738. The van der Waals surface area contributed by atoms with E-state index in [0.29, 0.717) is 0 Å². The number of nitrogens with zero attached hydrogens (tertiary/aromatic N) is 2. The van der Waals surface area contributed by atoms with Gasteiger partial charge in [0.05, 0.1) is 3.57 Å². The van der Waals surface area contributed by atoms with Crippen molar-refractivity contribution in [3.05, 3.63) is 33.5 Å². The minimum Gasteiger partial charge on any atom is -0.335 e. The summed E-state index contributed by atoms with van der Waals surface area (Å²) in [5, 5.41) is 10.1. The fourth-order valence-corrected chi connectivity index (χ4v) is 2.41. The van der Waals surface area contributed by atoms with Gasteiger partial charge >= 0.3 is 0 Å². The summed E-state index contributed by atoms with van der Waals surface area (Å²) in [4.78, 5) is 0. The van der Waals surface area contributed by atoms with Crippen molar-refractivity contribution in [2.24, 2.45) is 7.05 Å². The Balaban J connectivity index is 2.99. The molecule has 0 bridgehead atoms. The summed E-state index contributed by atoms with van der Waals surface area (Å²) < 4.78 is 2.97. The number of aryl methyl sites for hydroxylation is 1. The first-order valence-electron chi connectivity index (χ1n) is 3.88. The van der Waals surface area contributed by atoms with Gasteiger partial charge in [0, 0.05) is 18.0 Å². The molecule has 2 rings (SSSR count). The van der Waals surface area contributed by atoms with Crippen LogP contribution in [0.15, 0.2) is 24.3 Å². The van der Waals surface area contributed by atoms with E-state index in [4.69, 9.17) is 5.26 Å². The number of hydrogen-bond donors (Lipinski definition) is 0. The maximum Gasteiger partial charge on any atom is 0.134 e. The summed E-state index contributed by atoms with van der Waals surface area (Å²) in [6.45, 7) is 0. The Labute approximate surface area is 89.9 Å². The topological polar surface area (TPSA) is 28.7 Å². The van der Waals surface area contributed by atoms with Crippen LogP contribution in [0.1, 0.15) is 5.69 Å². The molecule has 0 saturated carbocycles. The predicted octanol–water partition coefficient (Wildman–Crippen LogP) is 2.65. The average molecular weight is 282 g/mol. The van der Waals surface area contributed by atoms with Crippen LogP contribution in [0.3, 0.4) is 0 Å². The van der Waals surface area contributed by atoms with E-state index in [-0.39, 0.29) is 0 Å². The highest BCUT2D eigenvalue weighted by Crippen LogP contribution is 2.25. The molecular weight excluding hydrogens is 275 g/mol. The number of hydrogen-bond acceptors (Lipinski definition) is 1. The second kappa shape index (κ2) is 3.04. The highest BCUT2D eigenvalue weighted by Gasteiger charge is 2.10. The van der Waals surface area contributed by atoms with Crippen LogP contribution in [0.2, 0.25) is 0 Å². The molecule has 2 aromatic rings. The van der Waals surface area contributed by atoms with Gasteiger partial charge in [-0.3, -0.25) is 0 Å². The lowest BCUT2D eigenvalue weighted by Crippen LogP contribution is -1.91. The van der Waals surface area contributed by atoms with E-state index in [1.165, 1.54) is 0 Å². The molecule has 1 heterocycles. The summed E-state index contributed by atoms with van der Waals surface area (Å²) in [5.74, 6) is 0. The molecule has 0 spiro atoms. The van der Waals surface area contributed by atoms with Crippen LogP contribution in [0, 0.1) is 14.9 Å². The van der Waals surface area contributed by atoms with Crippen LogP contribution in [-0.2, 0) is 7.05 Å². The molecule has 0 aliphatic carbocycles. The molecule has 0 amide bonds. The number of halogens is 1. The third-order valence-electron chi connectivity index (χ3n) is 2.15. The zero-order valence-electron chi connectivity index (χ0n) is 7.08. The van der Waals surface area contributed by atoms with Crippen LogP contribution in [0.5, 0.6) is 0 Å². The summed E-state index contributed by atoms with van der Waals surface area (Å²) in [6, 6.07) is 10.3. The van der Waals surface area contributed by atoms with E-state index in [0.717, 1.165) is 20.2 Å². The van der Waals surface area contributed by atoms with E-state index < -0.39 is 0 Å². The Morgan fingerprint density at radius 1 is 1.38 bits per heavy atom. The van der Waals surface area contributed by atoms with Gasteiger partial charge in [-0.05, 0) is 28.7 Å². The van der Waals surface area contributed by atoms with Crippen molar-refractivity contribution in [1.82, 2.24) is 4.57 Å². The van der Waals surface area contributed by atoms with Gasteiger partial charge < -0.3 is 4.57 Å². The van der Waals surface area contributed by atoms with Gasteiger partial charge in [-0.25, -0.2) is 0 Å². The summed E-state index contributed by atoms with van der Waals surface area (Å²) in [5.41, 5.74) is 1.85. The van der Waals surface area contributed by atoms with Crippen molar-refractivity contribution >= 4 is 33.5 Å². The van der Waals surface area contributed by atoms with Crippen molar-refractivity contribution < 1.29 is 0 Å². The lowest BCUT2D eigenvalue weighted by atomic mass is 10.2. The van der Waals surface area contributed by atoms with Gasteiger partial charge in [0.2, 0.25) is 0 Å². The Kier molecular flexibility index (Phi) is 2.00. The maximum atomic E-state index is 8.92. The third kappa shape index (κ3) is 1.13. The smallest absolute Gasteiger partial charge is 0.134 e. The molecule has 0 radical (unpaired) electrons. The zero-order valence-corrected chi connectivity index (χ0v) is 9.24. The van der Waals surface area contributed by atoms with Crippen LogP contribution >= 0.6 is 22.6 Å². The highest BCUT2D eigenvalue weighted by atomic mass is 127. The molecule has 0 saturated heterocycles. The molecule has 1 aromatic carbocycles. The Hall–Kier alpha value is -1.02. The molecule has 0 fully saturated rings. The molecule has 0 atom stereocenters. The first kappa shape index (κ1) is 8.57. The summed E-state index contributed by atoms with van der Waals surface area (Å²) in [6.07, 6.45) is 0. The van der Waals surface area contributed by atoms with Crippen molar-refractivity contribution in [1.29, 1.82) is 5.26 Å². The van der Waals surface area contributed by atoms with Gasteiger partial charge in [-0.15, -0.1) is 0 Å². The standard InChI is InChI=1S/C10H7IN2/c1-13-8-5-3-2-4-7(8)10(11)9(13)6-12/h2-5H,1H3. The second-order valence-electron chi connectivity index (χ2n) is 2.85. The number of aromatic nitrogens is 1. The van der Waals surface area contributed by atoms with Crippen molar-refractivity contribution in [3.63, 3.8) is 0 Å². The molecular formula is C10H7IN2. The van der Waals surface area contributed by atoms with Crippen LogP contribution in [-0.4, -0.2) is 4.57 Å². The number of para-hydroxylation sites is 1. The molecule has 64 valence electrons. The maximum absolute atomic E-state index is 8.92. The second-order valence-corrected chi connectivity index (χ2v) is 3.93. The lowest BCUT2D eigenvalue weighted by molar-refractivity contribution is 0.943. The van der Waals surface area contributed by atoms with Crippen molar-refractivity contribution in [3.8, 4) is 6.07 Å². The monoisotopic (exact) mass is 282 g/mol. The largest absolute Gasteiger partial charge is 0.335 e. The van der Waals surface area contributed by atoms with Gasteiger partial charge in [-0.1, -0.05) is 18.2 Å². The fourth-order valence-electron chi connectivity index (χ4n) is 1.47. The fraction of sp³-hybridized carbons (Fsp3) is 0.100. The molecule has 0 N–H and O–H groups in total. The number of rotatable bonds is 0. The third-order valence-corrected chi connectivity index (χ3v) is 3.24. The van der Waals surface area contributed by atoms with Gasteiger partial charge in [-0.2, -0.15) is 5.26 Å². The molecule has 1 aromatic heterocycles. The van der Waals surface area contributed by atoms with Crippen LogP contribution in [0.25, 0.3) is 10.9 Å². The van der Waals surface area contributed by atoms with E-state index in [9.17, 15) is 0 Å². The SMILES string of the molecule is Cn1c(C#N)c(I)c2ccccc21. The lowest BCUT2D eigenvalue weighted by Gasteiger charge is -1.94. The van der Waals surface area contributed by atoms with E-state index in [1.807, 2.05) is 35.9 Å². The number of fused-ring (bicyclic) bond motifs is 1. The molecule has 0 aliphatic heterocycles. The van der Waals surface area contributed by atoms with Crippen LogP contribution in [0.4, 0.5) is 0 Å². The van der Waals surface area contributed by atoms with Crippen molar-refractivity contribution in [2.45, 2.75) is 0 Å². The number of nitriles is 1. The quantitative estimate of drug-likeness (QED) is 0.683. The van der Waals surface area contributed by atoms with E-state index in [1.54, 1.807) is 0 Å². The molecule has 13 heavy (non-hydrogen) atoms. The molecule has 3 heteroatoms. The highest BCUT2D eigenvalue weighted by molar-refractivity contribution is 14.1. The normalized spacial score (nSPS) is 10.2. The minimum absolute atomic E-state index is 0.738. The van der Waals surface area contributed by atoms with Gasteiger partial charge in [0.25, 0.3) is 0 Å². The Bertz CT molecular complexity index is 466. The van der Waals surface area contributed by atoms with Gasteiger partial charge in [0.1, 0.15) is 11.8 Å². The molecule has 0 unspecified atom stereocenters. The summed E-state index contributed by atoms with van der Waals surface area (Å²) >= 11 is 2.22. The predicted molar refractivity (Wildman–Crippen MR) is 60.4 cm³/mol. The zero-order chi connectivity index (χ0) is 9.42. The van der Waals surface area contributed by atoms with Crippen LogP contribution < -0.4 is 0 Å². The Morgan fingerprint density at radius 2 is 2.08 bits per heavy atom. The number of benzene rings is 1. The average Bonchev–Trinajstić information content (AvgIpc) is 2.41. The molecule has 2 nitrogen and oxygen atoms in total. The first-order valence-corrected chi connectivity index (χ1v) is 4.96. The Morgan fingerprint density at radius 3 is 2.69 bits per heavy atom. The van der Waals surface area contributed by atoms with Crippen molar-refractivity contribution in [2.75, 3.05) is 0 Å². The summed E-state index contributed by atoms with van der Waals surface area (Å²) in [7, 11) is 1.92.